The third-order valence-corrected chi connectivity index (χ3v) is 8.41. The summed E-state index contributed by atoms with van der Waals surface area (Å²) in [6.45, 7) is 5.81. The van der Waals surface area contributed by atoms with Crippen LogP contribution < -0.4 is 5.32 Å². The minimum Gasteiger partial charge on any atom is -0.356 e. The number of anilines is 1. The van der Waals surface area contributed by atoms with Gasteiger partial charge in [-0.05, 0) is 63.6 Å². The largest absolute Gasteiger partial charge is 0.356 e. The number of aromatic amines is 1. The Morgan fingerprint density at radius 2 is 1.79 bits per heavy atom. The Kier molecular flexibility index (Phi) is 6.90. The molecule has 0 radical (unpaired) electrons. The minimum absolute atomic E-state index is 0.0679. The molecule has 1 atom stereocenters. The highest BCUT2D eigenvalue weighted by molar-refractivity contribution is 7.89. The van der Waals surface area contributed by atoms with E-state index in [0.717, 1.165) is 36.1 Å². The SMILES string of the molecule is Cc1ccc(NC(=O)[C@H]2CCCN(S(=O)(=O)c3c[nH]c(C(=O)N4CCCCC4)c3)C2)c(C)c1. The molecule has 1 aromatic carbocycles. The summed E-state index contributed by atoms with van der Waals surface area (Å²) >= 11 is 0. The fourth-order valence-electron chi connectivity index (χ4n) is 4.63. The van der Waals surface area contributed by atoms with Crippen LogP contribution in [0.2, 0.25) is 0 Å². The van der Waals surface area contributed by atoms with Gasteiger partial charge >= 0.3 is 0 Å². The molecular weight excluding hydrogens is 440 g/mol. The summed E-state index contributed by atoms with van der Waals surface area (Å²) in [4.78, 5) is 30.3. The number of nitrogens with one attached hydrogen (secondary N) is 2. The summed E-state index contributed by atoms with van der Waals surface area (Å²) in [6, 6.07) is 7.24. The molecule has 0 bridgehead atoms. The van der Waals surface area contributed by atoms with E-state index in [9.17, 15) is 18.0 Å². The second kappa shape index (κ2) is 9.69. The van der Waals surface area contributed by atoms with Crippen molar-refractivity contribution < 1.29 is 18.0 Å². The van der Waals surface area contributed by atoms with Gasteiger partial charge in [0.15, 0.2) is 0 Å². The Hall–Kier alpha value is -2.65. The van der Waals surface area contributed by atoms with Crippen molar-refractivity contribution in [1.29, 1.82) is 0 Å². The van der Waals surface area contributed by atoms with Crippen molar-refractivity contribution in [1.82, 2.24) is 14.2 Å². The standard InChI is InChI=1S/C24H32N4O4S/c1-17-8-9-21(18(2)13-17)26-23(29)19-7-6-12-28(16-19)33(31,32)20-14-22(25-15-20)24(30)27-10-4-3-5-11-27/h8-9,13-15,19,25H,3-7,10-12,16H2,1-2H3,(H,26,29)/t19-/m0/s1. The van der Waals surface area contributed by atoms with Crippen molar-refractivity contribution in [2.75, 3.05) is 31.5 Å². The Balaban J connectivity index is 1.44. The van der Waals surface area contributed by atoms with Gasteiger partial charge in [-0.25, -0.2) is 8.42 Å². The minimum atomic E-state index is -3.81. The molecular formula is C24H32N4O4S. The lowest BCUT2D eigenvalue weighted by Gasteiger charge is -2.31. The second-order valence-electron chi connectivity index (χ2n) is 9.11. The summed E-state index contributed by atoms with van der Waals surface area (Å²) in [5.74, 6) is -0.764. The molecule has 2 amide bonds. The first-order valence-corrected chi connectivity index (χ1v) is 13.1. The second-order valence-corrected chi connectivity index (χ2v) is 11.0. The van der Waals surface area contributed by atoms with E-state index in [1.54, 1.807) is 4.90 Å². The number of nitrogens with zero attached hydrogens (tertiary/aromatic N) is 2. The Morgan fingerprint density at radius 1 is 1.03 bits per heavy atom. The monoisotopic (exact) mass is 472 g/mol. The average molecular weight is 473 g/mol. The maximum absolute atomic E-state index is 13.3. The molecule has 2 aliphatic rings. The number of benzene rings is 1. The molecule has 0 spiro atoms. The Labute approximate surface area is 195 Å². The lowest BCUT2D eigenvalue weighted by molar-refractivity contribution is -0.120. The van der Waals surface area contributed by atoms with Gasteiger partial charge in [0.2, 0.25) is 15.9 Å². The average Bonchev–Trinajstić information content (AvgIpc) is 3.32. The molecule has 2 fully saturated rings. The van der Waals surface area contributed by atoms with E-state index < -0.39 is 15.9 Å². The van der Waals surface area contributed by atoms with Crippen molar-refractivity contribution in [3.63, 3.8) is 0 Å². The van der Waals surface area contributed by atoms with E-state index in [0.29, 0.717) is 32.5 Å². The molecule has 2 aromatic rings. The highest BCUT2D eigenvalue weighted by atomic mass is 32.2. The topological polar surface area (TPSA) is 103 Å². The number of piperidine rings is 2. The molecule has 1 aromatic heterocycles. The first kappa shape index (κ1) is 23.5. The summed E-state index contributed by atoms with van der Waals surface area (Å²) in [5.41, 5.74) is 3.13. The highest BCUT2D eigenvalue weighted by Gasteiger charge is 2.34. The number of carbonyl (C=O) groups is 2. The van der Waals surface area contributed by atoms with Crippen molar-refractivity contribution in [3.05, 3.63) is 47.3 Å². The number of hydrogen-bond acceptors (Lipinski definition) is 4. The third-order valence-electron chi connectivity index (χ3n) is 6.56. The first-order valence-electron chi connectivity index (χ1n) is 11.6. The van der Waals surface area contributed by atoms with Gasteiger partial charge in [0.05, 0.1) is 5.92 Å². The van der Waals surface area contributed by atoms with E-state index in [-0.39, 0.29) is 28.9 Å². The van der Waals surface area contributed by atoms with Gasteiger partial charge in [-0.3, -0.25) is 9.59 Å². The predicted octanol–water partition coefficient (Wildman–Crippen LogP) is 3.30. The highest BCUT2D eigenvalue weighted by Crippen LogP contribution is 2.26. The fraction of sp³-hybridized carbons (Fsp3) is 0.500. The summed E-state index contributed by atoms with van der Waals surface area (Å²) in [6.07, 6.45) is 5.67. The van der Waals surface area contributed by atoms with Crippen LogP contribution in [0.1, 0.15) is 53.7 Å². The lowest BCUT2D eigenvalue weighted by Crippen LogP contribution is -2.43. The zero-order valence-corrected chi connectivity index (χ0v) is 20.1. The van der Waals surface area contributed by atoms with Gasteiger partial charge in [-0.1, -0.05) is 17.7 Å². The van der Waals surface area contributed by atoms with Crippen LogP contribution in [0.15, 0.2) is 35.4 Å². The molecule has 2 N–H and O–H groups in total. The number of carbonyl (C=O) groups excluding carboxylic acids is 2. The van der Waals surface area contributed by atoms with Crippen LogP contribution in [0.5, 0.6) is 0 Å². The summed E-state index contributed by atoms with van der Waals surface area (Å²) in [5, 5.41) is 2.96. The number of rotatable bonds is 5. The number of aryl methyl sites for hydroxylation is 2. The molecule has 8 nitrogen and oxygen atoms in total. The van der Waals surface area contributed by atoms with Crippen molar-refractivity contribution in [2.24, 2.45) is 5.92 Å². The lowest BCUT2D eigenvalue weighted by atomic mass is 9.98. The number of aromatic nitrogens is 1. The molecule has 4 rings (SSSR count). The predicted molar refractivity (Wildman–Crippen MR) is 127 cm³/mol. The van der Waals surface area contributed by atoms with Crippen LogP contribution >= 0.6 is 0 Å². The molecule has 178 valence electrons. The van der Waals surface area contributed by atoms with E-state index in [1.807, 2.05) is 32.0 Å². The van der Waals surface area contributed by atoms with Gasteiger partial charge in [-0.2, -0.15) is 4.31 Å². The van der Waals surface area contributed by atoms with E-state index in [4.69, 9.17) is 0 Å². The van der Waals surface area contributed by atoms with Crippen LogP contribution in [-0.2, 0) is 14.8 Å². The van der Waals surface area contributed by atoms with Gasteiger partial charge in [0, 0.05) is 38.1 Å². The number of hydrogen-bond donors (Lipinski definition) is 2. The van der Waals surface area contributed by atoms with Crippen LogP contribution in [0.25, 0.3) is 0 Å². The van der Waals surface area contributed by atoms with Gasteiger partial charge in [-0.15, -0.1) is 0 Å². The van der Waals surface area contributed by atoms with Crippen molar-refractivity contribution in [2.45, 2.75) is 50.8 Å². The van der Waals surface area contributed by atoms with Crippen LogP contribution in [-0.4, -0.2) is 60.6 Å². The normalized spacial score (nSPS) is 19.9. The number of likely N-dealkylation sites (tertiary alicyclic amines) is 1. The number of H-pyrrole nitrogens is 1. The summed E-state index contributed by atoms with van der Waals surface area (Å²) < 4.78 is 27.9. The van der Waals surface area contributed by atoms with Crippen molar-refractivity contribution in [3.8, 4) is 0 Å². The molecule has 2 saturated heterocycles. The van der Waals surface area contributed by atoms with Crippen LogP contribution in [0.4, 0.5) is 5.69 Å². The van der Waals surface area contributed by atoms with E-state index in [1.165, 1.54) is 16.6 Å². The van der Waals surface area contributed by atoms with Crippen LogP contribution in [0.3, 0.4) is 0 Å². The fourth-order valence-corrected chi connectivity index (χ4v) is 6.15. The molecule has 3 heterocycles. The quantitative estimate of drug-likeness (QED) is 0.697. The number of sulfonamides is 1. The number of amides is 2. The third kappa shape index (κ3) is 5.14. The Bertz CT molecular complexity index is 1140. The zero-order chi connectivity index (χ0) is 23.6. The zero-order valence-electron chi connectivity index (χ0n) is 19.3. The molecule has 0 aliphatic carbocycles. The molecule has 0 saturated carbocycles. The Morgan fingerprint density at radius 3 is 2.52 bits per heavy atom. The van der Waals surface area contributed by atoms with E-state index >= 15 is 0 Å². The van der Waals surface area contributed by atoms with E-state index in [2.05, 4.69) is 10.3 Å². The smallest absolute Gasteiger partial charge is 0.270 e. The molecule has 33 heavy (non-hydrogen) atoms. The first-order chi connectivity index (χ1) is 15.8. The molecule has 2 aliphatic heterocycles. The maximum Gasteiger partial charge on any atom is 0.270 e. The van der Waals surface area contributed by atoms with Crippen molar-refractivity contribution >= 4 is 27.5 Å². The molecule has 0 unspecified atom stereocenters. The summed E-state index contributed by atoms with van der Waals surface area (Å²) in [7, 11) is -3.81. The van der Waals surface area contributed by atoms with Gasteiger partial charge < -0.3 is 15.2 Å². The molecule has 9 heteroatoms. The maximum atomic E-state index is 13.3. The van der Waals surface area contributed by atoms with Gasteiger partial charge in [0.1, 0.15) is 10.6 Å². The van der Waals surface area contributed by atoms with Crippen LogP contribution in [0, 0.1) is 19.8 Å². The van der Waals surface area contributed by atoms with Gasteiger partial charge in [0.25, 0.3) is 5.91 Å².